The number of ether oxygens (including phenoxy) is 5. The molecule has 0 aromatic carbocycles. The van der Waals surface area contributed by atoms with Crippen molar-refractivity contribution < 1.29 is 69.0 Å². The molecule has 0 spiro atoms. The molecule has 0 bridgehead atoms. The summed E-state index contributed by atoms with van der Waals surface area (Å²) in [4.78, 5) is 21.7. The maximum Gasteiger partial charge on any atom is 0.303 e. The Balaban J connectivity index is 1.80. The van der Waals surface area contributed by atoms with E-state index in [2.05, 4.69) is 0 Å². The molecule has 2 heterocycles. The number of aliphatic carboxylic acids is 1. The van der Waals surface area contributed by atoms with E-state index in [-0.39, 0.29) is 12.5 Å². The van der Waals surface area contributed by atoms with Crippen LogP contribution in [0.15, 0.2) is 0 Å². The summed E-state index contributed by atoms with van der Waals surface area (Å²) >= 11 is 0. The minimum absolute atomic E-state index is 0.247. The van der Waals surface area contributed by atoms with E-state index in [4.69, 9.17) is 28.8 Å². The van der Waals surface area contributed by atoms with Gasteiger partial charge in [-0.3, -0.25) is 9.59 Å². The summed E-state index contributed by atoms with van der Waals surface area (Å²) in [5.41, 5.74) is 0. The van der Waals surface area contributed by atoms with Crippen molar-refractivity contribution in [2.45, 2.75) is 165 Å². The van der Waals surface area contributed by atoms with Gasteiger partial charge in [0.2, 0.25) is 0 Å². The monoisotopic (exact) mass is 638 g/mol. The first-order valence-electron chi connectivity index (χ1n) is 15.9. The number of carboxylic acids is 1. The van der Waals surface area contributed by atoms with Crippen LogP contribution >= 0.6 is 0 Å². The minimum Gasteiger partial charge on any atom is -0.481 e. The fourth-order valence-corrected chi connectivity index (χ4v) is 5.43. The Morgan fingerprint density at radius 2 is 1.23 bits per heavy atom. The number of hydrogen-bond acceptors (Lipinski definition) is 13. The van der Waals surface area contributed by atoms with Crippen LogP contribution in [0.1, 0.15) is 97.3 Å². The van der Waals surface area contributed by atoms with Gasteiger partial charge in [0.05, 0.1) is 12.7 Å². The summed E-state index contributed by atoms with van der Waals surface area (Å²) < 4.78 is 27.9. The van der Waals surface area contributed by atoms with Gasteiger partial charge in [-0.15, -0.1) is 0 Å². The summed E-state index contributed by atoms with van der Waals surface area (Å²) in [6.45, 7) is 1.96. The number of rotatable bonds is 21. The molecule has 0 amide bonds. The first-order valence-corrected chi connectivity index (χ1v) is 15.9. The maximum absolute atomic E-state index is 11.2. The minimum atomic E-state index is -1.75. The van der Waals surface area contributed by atoms with Crippen LogP contribution in [-0.4, -0.2) is 128 Å². The Morgan fingerprint density at radius 1 is 0.705 bits per heavy atom. The number of carbonyl (C=O) groups is 2. The molecule has 2 fully saturated rings. The Bertz CT molecular complexity index is 815. The van der Waals surface area contributed by atoms with Gasteiger partial charge in [-0.2, -0.15) is 0 Å². The van der Waals surface area contributed by atoms with E-state index in [1.807, 2.05) is 6.92 Å². The third-order valence-electron chi connectivity index (χ3n) is 8.10. The Kier molecular flexibility index (Phi) is 18.1. The zero-order chi connectivity index (χ0) is 32.6. The molecule has 0 aliphatic carbocycles. The van der Waals surface area contributed by atoms with Crippen LogP contribution in [0.2, 0.25) is 0 Å². The van der Waals surface area contributed by atoms with Crippen LogP contribution in [0.4, 0.5) is 0 Å². The lowest BCUT2D eigenvalue weighted by molar-refractivity contribution is -0.371. The molecule has 0 radical (unpaired) electrons. The molecule has 44 heavy (non-hydrogen) atoms. The topological polar surface area (TPSA) is 222 Å². The molecule has 0 aromatic rings. The fourth-order valence-electron chi connectivity index (χ4n) is 5.43. The standard InChI is InChI=1S/C30H54O14/c1-18(14-12-10-8-6-4-3-5-7-9-11-13-15-22(33)34)41-30-28(26(38)23(35)20(16-31)42-30)44-29-27(39)25(37)24(36)21(43-29)17-40-19(2)32/h18,20-21,23-31,35-39H,3-17H2,1-2H3,(H,33,34). The second kappa shape index (κ2) is 20.6. The van der Waals surface area contributed by atoms with E-state index in [9.17, 15) is 40.2 Å². The summed E-state index contributed by atoms with van der Waals surface area (Å²) in [7, 11) is 0. The summed E-state index contributed by atoms with van der Waals surface area (Å²) in [5.74, 6) is -1.38. The molecule has 14 nitrogen and oxygen atoms in total. The van der Waals surface area contributed by atoms with Gasteiger partial charge in [0.1, 0.15) is 55.4 Å². The summed E-state index contributed by atoms with van der Waals surface area (Å²) in [6.07, 6.45) is -2.85. The summed E-state index contributed by atoms with van der Waals surface area (Å²) in [6, 6.07) is 0. The Hall–Kier alpha value is -1.46. The zero-order valence-corrected chi connectivity index (χ0v) is 25.9. The van der Waals surface area contributed by atoms with Gasteiger partial charge >= 0.3 is 11.9 Å². The molecule has 11 atom stereocenters. The van der Waals surface area contributed by atoms with E-state index < -0.39 is 86.6 Å². The smallest absolute Gasteiger partial charge is 0.303 e. The molecular weight excluding hydrogens is 584 g/mol. The number of aliphatic hydroxyl groups is 6. The van der Waals surface area contributed by atoms with Crippen LogP contribution in [0.5, 0.6) is 0 Å². The highest BCUT2D eigenvalue weighted by Gasteiger charge is 2.51. The van der Waals surface area contributed by atoms with Crippen molar-refractivity contribution in [2.75, 3.05) is 13.2 Å². The first kappa shape index (κ1) is 38.7. The third kappa shape index (κ3) is 13.1. The van der Waals surface area contributed by atoms with Gasteiger partial charge in [0.15, 0.2) is 12.6 Å². The van der Waals surface area contributed by atoms with E-state index in [1.165, 1.54) is 6.42 Å². The van der Waals surface area contributed by atoms with Gasteiger partial charge in [-0.1, -0.05) is 64.2 Å². The van der Waals surface area contributed by atoms with Crippen molar-refractivity contribution in [3.8, 4) is 0 Å². The van der Waals surface area contributed by atoms with Gasteiger partial charge in [0, 0.05) is 13.3 Å². The first-order chi connectivity index (χ1) is 21.0. The van der Waals surface area contributed by atoms with E-state index in [1.54, 1.807) is 0 Å². The number of hydrogen-bond donors (Lipinski definition) is 7. The highest BCUT2D eigenvalue weighted by atomic mass is 16.8. The second-order valence-corrected chi connectivity index (χ2v) is 11.9. The van der Waals surface area contributed by atoms with Crippen LogP contribution in [0.25, 0.3) is 0 Å². The van der Waals surface area contributed by atoms with E-state index >= 15 is 0 Å². The molecule has 7 N–H and O–H groups in total. The van der Waals surface area contributed by atoms with Crippen LogP contribution in [0.3, 0.4) is 0 Å². The third-order valence-corrected chi connectivity index (χ3v) is 8.10. The normalized spacial score (nSPS) is 33.2. The number of aliphatic hydroxyl groups excluding tert-OH is 6. The van der Waals surface area contributed by atoms with Gasteiger partial charge in [-0.25, -0.2) is 0 Å². The number of esters is 1. The van der Waals surface area contributed by atoms with Gasteiger partial charge in [0.25, 0.3) is 0 Å². The SMILES string of the molecule is CC(=O)OCC1OC(OC2C(OC(C)CCCCCCCCCCCCCC(=O)O)OC(CO)C(O)C2O)C(O)C(O)C1O. The zero-order valence-electron chi connectivity index (χ0n) is 25.9. The van der Waals surface area contributed by atoms with Crippen LogP contribution in [0, 0.1) is 0 Å². The molecule has 2 aliphatic heterocycles. The van der Waals surface area contributed by atoms with Gasteiger partial charge in [-0.05, 0) is 19.8 Å². The highest BCUT2D eigenvalue weighted by Crippen LogP contribution is 2.31. The lowest BCUT2D eigenvalue weighted by atomic mass is 9.97. The number of carboxylic acid groups (broad SMARTS) is 1. The molecular formula is C30H54O14. The molecule has 0 aromatic heterocycles. The van der Waals surface area contributed by atoms with Crippen molar-refractivity contribution >= 4 is 11.9 Å². The van der Waals surface area contributed by atoms with Crippen molar-refractivity contribution in [3.63, 3.8) is 0 Å². The van der Waals surface area contributed by atoms with Crippen molar-refractivity contribution in [3.05, 3.63) is 0 Å². The van der Waals surface area contributed by atoms with Crippen molar-refractivity contribution in [2.24, 2.45) is 0 Å². The molecule has 11 unspecified atom stereocenters. The second-order valence-electron chi connectivity index (χ2n) is 11.9. The average Bonchev–Trinajstić information content (AvgIpc) is 2.98. The van der Waals surface area contributed by atoms with E-state index in [0.717, 1.165) is 71.1 Å². The molecule has 2 rings (SSSR count). The maximum atomic E-state index is 11.2. The predicted octanol–water partition coefficient (Wildman–Crippen LogP) is 0.742. The van der Waals surface area contributed by atoms with Crippen LogP contribution < -0.4 is 0 Å². The lowest BCUT2D eigenvalue weighted by Gasteiger charge is -2.46. The molecule has 2 saturated heterocycles. The Labute approximate surface area is 259 Å². The average molecular weight is 639 g/mol. The number of unbranched alkanes of at least 4 members (excludes halogenated alkanes) is 10. The van der Waals surface area contributed by atoms with Crippen LogP contribution in [-0.2, 0) is 33.3 Å². The van der Waals surface area contributed by atoms with Crippen molar-refractivity contribution in [1.82, 2.24) is 0 Å². The lowest BCUT2D eigenvalue weighted by Crippen LogP contribution is -2.65. The quantitative estimate of drug-likeness (QED) is 0.0681. The molecule has 258 valence electrons. The number of carbonyl (C=O) groups excluding carboxylic acids is 1. The van der Waals surface area contributed by atoms with E-state index in [0.29, 0.717) is 6.42 Å². The molecule has 2 aliphatic rings. The molecule has 14 heteroatoms. The predicted molar refractivity (Wildman–Crippen MR) is 154 cm³/mol. The fraction of sp³-hybridized carbons (Fsp3) is 0.933. The molecule has 0 saturated carbocycles. The summed E-state index contributed by atoms with van der Waals surface area (Å²) in [5, 5.41) is 70.6. The largest absolute Gasteiger partial charge is 0.481 e. The van der Waals surface area contributed by atoms with Crippen molar-refractivity contribution in [1.29, 1.82) is 0 Å². The van der Waals surface area contributed by atoms with Gasteiger partial charge < -0.3 is 59.4 Å². The Morgan fingerprint density at radius 3 is 1.77 bits per heavy atom. The highest BCUT2D eigenvalue weighted by molar-refractivity contribution is 5.66.